The van der Waals surface area contributed by atoms with E-state index in [0.717, 1.165) is 22.0 Å². The first kappa shape index (κ1) is 18.4. The van der Waals surface area contributed by atoms with Crippen LogP contribution in [0.4, 0.5) is 0 Å². The van der Waals surface area contributed by atoms with Crippen LogP contribution in [0.5, 0.6) is 11.5 Å². The van der Waals surface area contributed by atoms with Crippen molar-refractivity contribution in [3.05, 3.63) is 56.0 Å². The average molecular weight is 420 g/mol. The fourth-order valence-electron chi connectivity index (χ4n) is 2.10. The predicted molar refractivity (Wildman–Crippen MR) is 96.9 cm³/mol. The first-order valence-corrected chi connectivity index (χ1v) is 8.64. The number of ether oxygens (including phenoxy) is 2. The molecule has 124 valence electrons. The van der Waals surface area contributed by atoms with E-state index in [1.54, 1.807) is 19.2 Å². The van der Waals surface area contributed by atoms with Gasteiger partial charge in [-0.2, -0.15) is 0 Å². The van der Waals surface area contributed by atoms with Crippen molar-refractivity contribution in [2.45, 2.75) is 19.4 Å². The van der Waals surface area contributed by atoms with E-state index < -0.39 is 0 Å². The highest BCUT2D eigenvalue weighted by molar-refractivity contribution is 9.10. The molecule has 23 heavy (non-hydrogen) atoms. The second-order valence-electron chi connectivity index (χ2n) is 4.95. The second kappa shape index (κ2) is 8.78. The zero-order valence-electron chi connectivity index (χ0n) is 12.6. The first-order chi connectivity index (χ1) is 11.0. The summed E-state index contributed by atoms with van der Waals surface area (Å²) in [6.07, 6.45) is 1.46. The van der Waals surface area contributed by atoms with E-state index in [0.29, 0.717) is 34.6 Å². The van der Waals surface area contributed by atoms with Crippen molar-refractivity contribution in [1.82, 2.24) is 0 Å². The van der Waals surface area contributed by atoms with Crippen molar-refractivity contribution < 1.29 is 14.6 Å². The maximum Gasteiger partial charge on any atom is 0.162 e. The van der Waals surface area contributed by atoms with E-state index in [2.05, 4.69) is 15.9 Å². The minimum absolute atomic E-state index is 0.155. The summed E-state index contributed by atoms with van der Waals surface area (Å²) in [4.78, 5) is 0. The van der Waals surface area contributed by atoms with E-state index in [1.807, 2.05) is 18.2 Å². The summed E-state index contributed by atoms with van der Waals surface area (Å²) < 4.78 is 12.2. The second-order valence-corrected chi connectivity index (χ2v) is 6.64. The van der Waals surface area contributed by atoms with E-state index >= 15 is 0 Å². The maximum absolute atomic E-state index is 8.96. The molecule has 0 aromatic heterocycles. The van der Waals surface area contributed by atoms with Gasteiger partial charge in [0, 0.05) is 26.7 Å². The van der Waals surface area contributed by atoms with Gasteiger partial charge in [0.05, 0.1) is 7.11 Å². The highest BCUT2D eigenvalue weighted by Gasteiger charge is 2.11. The number of halogens is 3. The van der Waals surface area contributed by atoms with Crippen molar-refractivity contribution in [2.24, 2.45) is 0 Å². The number of aliphatic hydroxyl groups is 1. The largest absolute Gasteiger partial charge is 0.493 e. The summed E-state index contributed by atoms with van der Waals surface area (Å²) >= 11 is 15.6. The van der Waals surface area contributed by atoms with Gasteiger partial charge in [0.2, 0.25) is 0 Å². The van der Waals surface area contributed by atoms with Crippen LogP contribution in [0, 0.1) is 0 Å². The predicted octanol–water partition coefficient (Wildman–Crippen LogP) is 5.27. The Morgan fingerprint density at radius 3 is 2.52 bits per heavy atom. The lowest BCUT2D eigenvalue weighted by Crippen LogP contribution is -2.00. The number of rotatable bonds is 7. The summed E-state index contributed by atoms with van der Waals surface area (Å²) in [7, 11) is 1.60. The fraction of sp³-hybridized carbons (Fsp3) is 0.294. The third-order valence-electron chi connectivity index (χ3n) is 3.34. The molecule has 0 spiro atoms. The number of hydrogen-bond acceptors (Lipinski definition) is 3. The van der Waals surface area contributed by atoms with Gasteiger partial charge in [-0.1, -0.05) is 45.2 Å². The SMILES string of the molecule is COc1cc(CCCO)c(Br)cc1OCc1ccc(Cl)cc1Cl. The van der Waals surface area contributed by atoms with Crippen LogP contribution in [-0.4, -0.2) is 18.8 Å². The van der Waals surface area contributed by atoms with Crippen LogP contribution < -0.4 is 9.47 Å². The molecule has 0 aliphatic rings. The third-order valence-corrected chi connectivity index (χ3v) is 4.66. The van der Waals surface area contributed by atoms with Crippen LogP contribution in [0.25, 0.3) is 0 Å². The van der Waals surface area contributed by atoms with Gasteiger partial charge in [-0.15, -0.1) is 0 Å². The van der Waals surface area contributed by atoms with Gasteiger partial charge < -0.3 is 14.6 Å². The van der Waals surface area contributed by atoms with Gasteiger partial charge in [-0.05, 0) is 42.7 Å². The van der Waals surface area contributed by atoms with E-state index in [1.165, 1.54) is 0 Å². The molecule has 0 amide bonds. The van der Waals surface area contributed by atoms with Crippen LogP contribution in [0.2, 0.25) is 10.0 Å². The van der Waals surface area contributed by atoms with Crippen LogP contribution in [0.1, 0.15) is 17.5 Å². The summed E-state index contributed by atoms with van der Waals surface area (Å²) in [5, 5.41) is 10.1. The molecule has 2 aromatic rings. The molecule has 0 heterocycles. The monoisotopic (exact) mass is 418 g/mol. The maximum atomic E-state index is 8.96. The van der Waals surface area contributed by atoms with Crippen LogP contribution in [0.3, 0.4) is 0 Å². The molecule has 6 heteroatoms. The summed E-state index contributed by atoms with van der Waals surface area (Å²) in [5.74, 6) is 1.27. The summed E-state index contributed by atoms with van der Waals surface area (Å²) in [6.45, 7) is 0.469. The summed E-state index contributed by atoms with van der Waals surface area (Å²) in [6, 6.07) is 9.08. The van der Waals surface area contributed by atoms with Gasteiger partial charge in [0.15, 0.2) is 11.5 Å². The van der Waals surface area contributed by atoms with E-state index in [-0.39, 0.29) is 6.61 Å². The average Bonchev–Trinajstić information content (AvgIpc) is 2.53. The smallest absolute Gasteiger partial charge is 0.162 e. The normalized spacial score (nSPS) is 10.7. The van der Waals surface area contributed by atoms with Crippen LogP contribution in [-0.2, 0) is 13.0 Å². The Bertz CT molecular complexity index is 677. The quantitative estimate of drug-likeness (QED) is 0.664. The molecule has 0 bridgehead atoms. The molecule has 2 rings (SSSR count). The van der Waals surface area contributed by atoms with Gasteiger partial charge in [0.1, 0.15) is 6.61 Å². The van der Waals surface area contributed by atoms with Crippen molar-refractivity contribution in [3.8, 4) is 11.5 Å². The molecule has 2 aromatic carbocycles. The van der Waals surface area contributed by atoms with Crippen molar-refractivity contribution in [3.63, 3.8) is 0 Å². The van der Waals surface area contributed by atoms with Gasteiger partial charge >= 0.3 is 0 Å². The summed E-state index contributed by atoms with van der Waals surface area (Å²) in [5.41, 5.74) is 1.91. The molecule has 0 unspecified atom stereocenters. The molecule has 3 nitrogen and oxygen atoms in total. The first-order valence-electron chi connectivity index (χ1n) is 7.09. The topological polar surface area (TPSA) is 38.7 Å². The molecule has 0 aliphatic heterocycles. The highest BCUT2D eigenvalue weighted by atomic mass is 79.9. The fourth-order valence-corrected chi connectivity index (χ4v) is 3.09. The molecule has 0 saturated heterocycles. The minimum Gasteiger partial charge on any atom is -0.493 e. The third kappa shape index (κ3) is 5.01. The molecular formula is C17H17BrCl2O3. The van der Waals surface area contributed by atoms with Crippen molar-refractivity contribution in [1.29, 1.82) is 0 Å². The van der Waals surface area contributed by atoms with Crippen LogP contribution >= 0.6 is 39.1 Å². The molecular weight excluding hydrogens is 403 g/mol. The van der Waals surface area contributed by atoms with Crippen LogP contribution in [0.15, 0.2) is 34.8 Å². The molecule has 0 saturated carbocycles. The highest BCUT2D eigenvalue weighted by Crippen LogP contribution is 2.35. The zero-order valence-corrected chi connectivity index (χ0v) is 15.7. The molecule has 1 N–H and O–H groups in total. The molecule has 0 atom stereocenters. The number of methoxy groups -OCH3 is 1. The van der Waals surface area contributed by atoms with E-state index in [9.17, 15) is 0 Å². The number of aliphatic hydroxyl groups excluding tert-OH is 1. The molecule has 0 aliphatic carbocycles. The number of aryl methyl sites for hydroxylation is 1. The Kier molecular flexibility index (Phi) is 7.03. The van der Waals surface area contributed by atoms with E-state index in [4.69, 9.17) is 37.8 Å². The number of hydrogen-bond donors (Lipinski definition) is 1. The van der Waals surface area contributed by atoms with Gasteiger partial charge in [-0.3, -0.25) is 0 Å². The van der Waals surface area contributed by atoms with Crippen molar-refractivity contribution >= 4 is 39.1 Å². The lowest BCUT2D eigenvalue weighted by atomic mass is 10.1. The Morgan fingerprint density at radius 2 is 1.87 bits per heavy atom. The Hall–Kier alpha value is -0.940. The van der Waals surface area contributed by atoms with Gasteiger partial charge in [0.25, 0.3) is 0 Å². The minimum atomic E-state index is 0.155. The Labute approximate surface area is 154 Å². The zero-order chi connectivity index (χ0) is 16.8. The number of benzene rings is 2. The molecule has 0 fully saturated rings. The Morgan fingerprint density at radius 1 is 1.09 bits per heavy atom. The lowest BCUT2D eigenvalue weighted by Gasteiger charge is -2.14. The van der Waals surface area contributed by atoms with Crippen molar-refractivity contribution in [2.75, 3.05) is 13.7 Å². The molecule has 0 radical (unpaired) electrons. The Balaban J connectivity index is 2.17. The lowest BCUT2D eigenvalue weighted by molar-refractivity contribution is 0.283. The van der Waals surface area contributed by atoms with Gasteiger partial charge in [-0.25, -0.2) is 0 Å². The standard InChI is InChI=1S/C17H17BrCl2O3/c1-22-16-7-11(3-2-6-21)14(18)9-17(16)23-10-12-4-5-13(19)8-15(12)20/h4-5,7-9,21H,2-3,6,10H2,1H3.